The summed E-state index contributed by atoms with van der Waals surface area (Å²) in [5.41, 5.74) is -0.423. The van der Waals surface area contributed by atoms with E-state index in [0.29, 0.717) is 23.3 Å². The Balaban J connectivity index is 2.07. The normalized spacial score (nSPS) is 14.3. The van der Waals surface area contributed by atoms with Crippen LogP contribution < -0.4 is 10.5 Å². The van der Waals surface area contributed by atoms with Crippen molar-refractivity contribution in [3.05, 3.63) is 76.9 Å². The molecule has 0 saturated carbocycles. The fraction of sp³-hybridized carbons (Fsp3) is 0.158. The van der Waals surface area contributed by atoms with E-state index >= 15 is 0 Å². The lowest BCUT2D eigenvalue weighted by Crippen LogP contribution is -2.23. The van der Waals surface area contributed by atoms with Gasteiger partial charge in [0, 0.05) is 24.2 Å². The third-order valence-corrected chi connectivity index (χ3v) is 4.28. The zero-order valence-corrected chi connectivity index (χ0v) is 13.6. The second kappa shape index (κ2) is 6.01. The number of alkyl halides is 3. The Morgan fingerprint density at radius 3 is 2.46 bits per heavy atom. The van der Waals surface area contributed by atoms with Crippen LogP contribution in [0.1, 0.15) is 12.1 Å². The van der Waals surface area contributed by atoms with Crippen molar-refractivity contribution in [3.63, 3.8) is 0 Å². The van der Waals surface area contributed by atoms with Crippen molar-refractivity contribution in [3.8, 4) is 5.69 Å². The molecule has 132 valence electrons. The average Bonchev–Trinajstić information content (AvgIpc) is 3.15. The number of halogens is 3. The highest BCUT2D eigenvalue weighted by atomic mass is 19.4. The minimum atomic E-state index is -4.59. The lowest BCUT2D eigenvalue weighted by molar-refractivity contribution is -0.141. The van der Waals surface area contributed by atoms with Crippen LogP contribution in [0.2, 0.25) is 0 Å². The maximum atomic E-state index is 13.2. The predicted octanol–water partition coefficient (Wildman–Crippen LogP) is 4.13. The molecule has 0 radical (unpaired) electrons. The molecule has 0 spiro atoms. The number of hydrogen-bond donors (Lipinski definition) is 0. The number of fused-ring (bicyclic) bond motifs is 1. The van der Waals surface area contributed by atoms with Gasteiger partial charge >= 0.3 is 6.18 Å². The third-order valence-electron chi connectivity index (χ3n) is 4.28. The van der Waals surface area contributed by atoms with Crippen LogP contribution in [-0.2, 0) is 6.18 Å². The van der Waals surface area contributed by atoms with Gasteiger partial charge in [0.2, 0.25) is 0 Å². The molecule has 0 aliphatic carbocycles. The average molecular weight is 357 g/mol. The Bertz CT molecular complexity index is 1060. The van der Waals surface area contributed by atoms with Crippen LogP contribution in [0.25, 0.3) is 16.7 Å². The molecule has 4 nitrogen and oxygen atoms in total. The van der Waals surface area contributed by atoms with Crippen molar-refractivity contribution in [1.82, 2.24) is 9.55 Å². The van der Waals surface area contributed by atoms with Gasteiger partial charge in [0.05, 0.1) is 11.4 Å². The summed E-state index contributed by atoms with van der Waals surface area (Å²) >= 11 is 0. The fourth-order valence-corrected chi connectivity index (χ4v) is 3.10. The van der Waals surface area contributed by atoms with Gasteiger partial charge < -0.3 is 4.90 Å². The van der Waals surface area contributed by atoms with Crippen LogP contribution in [0.4, 0.5) is 18.9 Å². The zero-order valence-electron chi connectivity index (χ0n) is 13.6. The molecule has 7 heteroatoms. The van der Waals surface area contributed by atoms with Crippen molar-refractivity contribution < 1.29 is 13.2 Å². The number of rotatable bonds is 2. The van der Waals surface area contributed by atoms with E-state index in [-0.39, 0.29) is 5.65 Å². The lowest BCUT2D eigenvalue weighted by Gasteiger charge is -2.20. The minimum Gasteiger partial charge on any atom is -0.347 e. The predicted molar refractivity (Wildman–Crippen MR) is 93.4 cm³/mol. The summed E-state index contributed by atoms with van der Waals surface area (Å²) in [7, 11) is 0. The molecular formula is C19H14F3N3O. The molecule has 0 saturated heterocycles. The summed E-state index contributed by atoms with van der Waals surface area (Å²) < 4.78 is 40.8. The van der Waals surface area contributed by atoms with Crippen molar-refractivity contribution in [2.24, 2.45) is 0 Å². The molecule has 1 aliphatic rings. The van der Waals surface area contributed by atoms with Crippen molar-refractivity contribution >= 4 is 16.7 Å². The second-order valence-corrected chi connectivity index (χ2v) is 5.97. The molecule has 0 bridgehead atoms. The maximum Gasteiger partial charge on any atom is 0.433 e. The summed E-state index contributed by atoms with van der Waals surface area (Å²) in [6.07, 6.45) is 0.0114. The highest BCUT2D eigenvalue weighted by molar-refractivity contribution is 5.91. The second-order valence-electron chi connectivity index (χ2n) is 5.97. The van der Waals surface area contributed by atoms with Crippen molar-refractivity contribution in [2.75, 3.05) is 11.4 Å². The summed E-state index contributed by atoms with van der Waals surface area (Å²) in [6, 6.07) is 12.3. The van der Waals surface area contributed by atoms with E-state index in [1.807, 2.05) is 17.2 Å². The first-order valence-electron chi connectivity index (χ1n) is 8.08. The standard InChI is InChI=1S/C19H14F3N3O/c20-19(21,22)16-9-8-14-15(24-10-4-5-11-24)12-17(26)25(18(14)23-16)13-6-2-1-3-7-13/h1-4,6-10,12H,5,11H2. The molecule has 1 aromatic carbocycles. The highest BCUT2D eigenvalue weighted by Crippen LogP contribution is 2.32. The number of pyridine rings is 2. The molecule has 1 aliphatic heterocycles. The van der Waals surface area contributed by atoms with Gasteiger partial charge in [0.1, 0.15) is 11.3 Å². The monoisotopic (exact) mass is 357 g/mol. The van der Waals surface area contributed by atoms with E-state index < -0.39 is 17.4 Å². The molecule has 2 aromatic heterocycles. The van der Waals surface area contributed by atoms with Gasteiger partial charge in [-0.15, -0.1) is 0 Å². The van der Waals surface area contributed by atoms with E-state index in [2.05, 4.69) is 4.98 Å². The molecular weight excluding hydrogens is 343 g/mol. The summed E-state index contributed by atoms with van der Waals surface area (Å²) in [6.45, 7) is 0.672. The number of hydrogen-bond acceptors (Lipinski definition) is 3. The fourth-order valence-electron chi connectivity index (χ4n) is 3.10. The molecule has 0 atom stereocenters. The Morgan fingerprint density at radius 1 is 1.04 bits per heavy atom. The summed E-state index contributed by atoms with van der Waals surface area (Å²) in [5.74, 6) is 0. The van der Waals surface area contributed by atoms with E-state index in [1.54, 1.807) is 30.3 Å². The lowest BCUT2D eigenvalue weighted by atomic mass is 10.2. The van der Waals surface area contributed by atoms with Gasteiger partial charge in [-0.25, -0.2) is 4.98 Å². The van der Waals surface area contributed by atoms with E-state index in [1.165, 1.54) is 16.7 Å². The Morgan fingerprint density at radius 2 is 1.81 bits per heavy atom. The van der Waals surface area contributed by atoms with E-state index in [0.717, 1.165) is 12.5 Å². The smallest absolute Gasteiger partial charge is 0.347 e. The van der Waals surface area contributed by atoms with Crippen LogP contribution in [-0.4, -0.2) is 16.1 Å². The molecule has 0 fully saturated rings. The molecule has 3 heterocycles. The number of aromatic nitrogens is 2. The van der Waals surface area contributed by atoms with Gasteiger partial charge in [0.25, 0.3) is 5.56 Å². The molecule has 26 heavy (non-hydrogen) atoms. The van der Waals surface area contributed by atoms with Gasteiger partial charge in [-0.05, 0) is 30.7 Å². The van der Waals surface area contributed by atoms with Gasteiger partial charge in [-0.3, -0.25) is 9.36 Å². The topological polar surface area (TPSA) is 38.1 Å². The number of benzene rings is 1. The molecule has 4 rings (SSSR count). The zero-order chi connectivity index (χ0) is 18.3. The number of anilines is 1. The quantitative estimate of drug-likeness (QED) is 0.692. The SMILES string of the molecule is O=c1cc(N2C=CCC2)c2ccc(C(F)(F)F)nc2n1-c1ccccc1. The van der Waals surface area contributed by atoms with E-state index in [4.69, 9.17) is 0 Å². The third kappa shape index (κ3) is 2.75. The Hall–Kier alpha value is -3.09. The van der Waals surface area contributed by atoms with Crippen LogP contribution in [0.15, 0.2) is 65.6 Å². The summed E-state index contributed by atoms with van der Waals surface area (Å²) in [4.78, 5) is 18.4. The number of para-hydroxylation sites is 1. The molecule has 0 amide bonds. The largest absolute Gasteiger partial charge is 0.433 e. The van der Waals surface area contributed by atoms with E-state index in [9.17, 15) is 18.0 Å². The number of nitrogens with zero attached hydrogens (tertiary/aromatic N) is 3. The first-order valence-corrected chi connectivity index (χ1v) is 8.08. The van der Waals surface area contributed by atoms with Crippen LogP contribution in [0, 0.1) is 0 Å². The van der Waals surface area contributed by atoms with Crippen LogP contribution in [0.3, 0.4) is 0 Å². The van der Waals surface area contributed by atoms with Crippen molar-refractivity contribution in [2.45, 2.75) is 12.6 Å². The van der Waals surface area contributed by atoms with Gasteiger partial charge in [0.15, 0.2) is 0 Å². The molecule has 3 aromatic rings. The van der Waals surface area contributed by atoms with Crippen LogP contribution in [0.5, 0.6) is 0 Å². The maximum absolute atomic E-state index is 13.2. The van der Waals surface area contributed by atoms with Crippen molar-refractivity contribution in [1.29, 1.82) is 0 Å². The van der Waals surface area contributed by atoms with Crippen LogP contribution >= 0.6 is 0 Å². The Kier molecular flexibility index (Phi) is 3.79. The Labute approximate surface area is 146 Å². The molecule has 0 N–H and O–H groups in total. The van der Waals surface area contributed by atoms with Gasteiger partial charge in [-0.2, -0.15) is 13.2 Å². The highest BCUT2D eigenvalue weighted by Gasteiger charge is 2.33. The first kappa shape index (κ1) is 16.4. The minimum absolute atomic E-state index is 0.00572. The van der Waals surface area contributed by atoms with Gasteiger partial charge in [-0.1, -0.05) is 24.3 Å². The molecule has 0 unspecified atom stereocenters. The summed E-state index contributed by atoms with van der Waals surface area (Å²) in [5, 5.41) is 0.494. The first-order chi connectivity index (χ1) is 12.4.